The van der Waals surface area contributed by atoms with E-state index < -0.39 is 11.8 Å². The van der Waals surface area contributed by atoms with Gasteiger partial charge in [-0.3, -0.25) is 10.5 Å². The molecule has 5 rings (SSSR count). The summed E-state index contributed by atoms with van der Waals surface area (Å²) in [6.45, 7) is 0. The number of nitrogens with one attached hydrogen (secondary N) is 2. The highest BCUT2D eigenvalue weighted by Gasteiger charge is 2.42. The average Bonchev–Trinajstić information content (AvgIpc) is 3.16. The number of hydrogen-bond acceptors (Lipinski definition) is 4. The zero-order chi connectivity index (χ0) is 20.8. The van der Waals surface area contributed by atoms with Crippen molar-refractivity contribution in [2.45, 2.75) is 5.92 Å². The van der Waals surface area contributed by atoms with Gasteiger partial charge in [-0.2, -0.15) is 5.26 Å². The molecule has 1 aliphatic rings. The van der Waals surface area contributed by atoms with Crippen molar-refractivity contribution in [1.82, 2.24) is 10.2 Å². The number of aromatic nitrogens is 2. The Hall–Kier alpha value is -3.33. The summed E-state index contributed by atoms with van der Waals surface area (Å²) in [7, 11) is 0. The molecule has 3 aromatic carbocycles. The van der Waals surface area contributed by atoms with Crippen LogP contribution in [-0.4, -0.2) is 16.1 Å². The number of benzene rings is 3. The zero-order valence-electron chi connectivity index (χ0n) is 15.5. The van der Waals surface area contributed by atoms with Crippen LogP contribution in [0.5, 0.6) is 5.88 Å². The van der Waals surface area contributed by atoms with Crippen molar-refractivity contribution in [2.24, 2.45) is 5.92 Å². The molecule has 0 radical (unpaired) electrons. The van der Waals surface area contributed by atoms with Gasteiger partial charge in [-0.1, -0.05) is 71.7 Å². The van der Waals surface area contributed by atoms with Crippen molar-refractivity contribution in [1.29, 1.82) is 10.7 Å². The van der Waals surface area contributed by atoms with E-state index in [2.05, 4.69) is 16.3 Å². The van der Waals surface area contributed by atoms with E-state index in [-0.39, 0.29) is 11.8 Å². The van der Waals surface area contributed by atoms with E-state index in [1.165, 1.54) is 0 Å². The summed E-state index contributed by atoms with van der Waals surface area (Å²) in [5.41, 5.74) is 2.90. The van der Waals surface area contributed by atoms with Crippen LogP contribution >= 0.6 is 23.2 Å². The third kappa shape index (κ3) is 2.77. The monoisotopic (exact) mass is 432 g/mol. The summed E-state index contributed by atoms with van der Waals surface area (Å²) in [5.74, 6) is -1.40. The minimum atomic E-state index is -0.888. The maximum atomic E-state index is 9.88. The van der Waals surface area contributed by atoms with E-state index >= 15 is 0 Å². The van der Waals surface area contributed by atoms with Gasteiger partial charge in [-0.25, -0.2) is 0 Å². The molecule has 146 valence electrons. The molecule has 30 heavy (non-hydrogen) atoms. The van der Waals surface area contributed by atoms with E-state index in [1.54, 1.807) is 18.2 Å². The number of hydrogen-bond donors (Lipinski definition) is 2. The molecule has 0 aliphatic carbocycles. The average molecular weight is 433 g/mol. The second-order valence-corrected chi connectivity index (χ2v) is 7.84. The fourth-order valence-electron chi connectivity index (χ4n) is 4.09. The highest BCUT2D eigenvalue weighted by atomic mass is 35.5. The van der Waals surface area contributed by atoms with E-state index in [9.17, 15) is 5.26 Å². The number of nitriles is 1. The van der Waals surface area contributed by atoms with Crippen LogP contribution in [0.1, 0.15) is 17.0 Å². The molecule has 0 saturated carbocycles. The van der Waals surface area contributed by atoms with E-state index in [0.29, 0.717) is 21.2 Å². The van der Waals surface area contributed by atoms with E-state index in [0.717, 1.165) is 22.0 Å². The lowest BCUT2D eigenvalue weighted by Crippen LogP contribution is -2.31. The zero-order valence-corrected chi connectivity index (χ0v) is 17.0. The lowest BCUT2D eigenvalue weighted by atomic mass is 9.78. The topological polar surface area (TPSA) is 85.6 Å². The molecule has 0 fully saturated rings. The van der Waals surface area contributed by atoms with Gasteiger partial charge in [0.15, 0.2) is 0 Å². The Morgan fingerprint density at radius 3 is 2.43 bits per heavy atom. The van der Waals surface area contributed by atoms with Crippen molar-refractivity contribution >= 4 is 39.9 Å². The summed E-state index contributed by atoms with van der Waals surface area (Å²) < 4.78 is 5.61. The van der Waals surface area contributed by atoms with Gasteiger partial charge in [0.2, 0.25) is 11.8 Å². The molecule has 1 aliphatic heterocycles. The molecule has 2 N–H and O–H groups in total. The largest absolute Gasteiger partial charge is 0.422 e. The van der Waals surface area contributed by atoms with Crippen molar-refractivity contribution < 1.29 is 4.74 Å². The minimum absolute atomic E-state index is 0.179. The number of ether oxygens (including phenoxy) is 1. The summed E-state index contributed by atoms with van der Waals surface area (Å²) in [5, 5.41) is 28.5. The molecule has 0 amide bonds. The molecule has 1 aromatic heterocycles. The van der Waals surface area contributed by atoms with Gasteiger partial charge >= 0.3 is 0 Å². The SMILES string of the molecule is N#CC1C(=N)Oc2n[nH]c(-c3cccc4ccccc34)c2C1c1c(Cl)cccc1Cl. The second kappa shape index (κ2) is 7.17. The van der Waals surface area contributed by atoms with Crippen LogP contribution in [0.3, 0.4) is 0 Å². The van der Waals surface area contributed by atoms with E-state index in [4.69, 9.17) is 33.3 Å². The van der Waals surface area contributed by atoms with Gasteiger partial charge in [0, 0.05) is 21.5 Å². The predicted molar refractivity (Wildman–Crippen MR) is 117 cm³/mol. The quantitative estimate of drug-likeness (QED) is 0.396. The van der Waals surface area contributed by atoms with Crippen LogP contribution in [0.2, 0.25) is 10.0 Å². The lowest BCUT2D eigenvalue weighted by molar-refractivity contribution is 0.437. The standard InChI is InChI=1S/C23H14Cl2N4O/c24-16-9-4-10-17(25)19(16)18-15(11-26)22(27)30-23-20(18)21(28-29-23)14-8-3-6-12-5-1-2-7-13(12)14/h1-10,15,18,27H,(H,28,29). The highest BCUT2D eigenvalue weighted by molar-refractivity contribution is 6.36. The molecule has 0 bridgehead atoms. The van der Waals surface area contributed by atoms with Gasteiger partial charge in [0.25, 0.3) is 0 Å². The molecule has 2 heterocycles. The van der Waals surface area contributed by atoms with Crippen molar-refractivity contribution in [2.75, 3.05) is 0 Å². The lowest BCUT2D eigenvalue weighted by Gasteiger charge is -2.29. The van der Waals surface area contributed by atoms with Crippen molar-refractivity contribution in [3.8, 4) is 23.2 Å². The summed E-state index contributed by atoms with van der Waals surface area (Å²) in [4.78, 5) is 0. The smallest absolute Gasteiger partial charge is 0.244 e. The molecule has 7 heteroatoms. The molecule has 0 saturated heterocycles. The van der Waals surface area contributed by atoms with Gasteiger partial charge in [-0.15, -0.1) is 5.10 Å². The van der Waals surface area contributed by atoms with Crippen molar-refractivity contribution in [3.05, 3.63) is 81.8 Å². The van der Waals surface area contributed by atoms with Gasteiger partial charge < -0.3 is 4.74 Å². The minimum Gasteiger partial charge on any atom is -0.422 e. The molecule has 4 aromatic rings. The third-order valence-electron chi connectivity index (χ3n) is 5.41. The Kier molecular flexibility index (Phi) is 4.47. The first-order valence-corrected chi connectivity index (χ1v) is 10.0. The fourth-order valence-corrected chi connectivity index (χ4v) is 4.72. The van der Waals surface area contributed by atoms with Gasteiger partial charge in [0.05, 0.1) is 17.3 Å². The summed E-state index contributed by atoms with van der Waals surface area (Å²) >= 11 is 13.0. The third-order valence-corrected chi connectivity index (χ3v) is 6.07. The molecular formula is C23H14Cl2N4O. The fraction of sp³-hybridized carbons (Fsp3) is 0.0870. The van der Waals surface area contributed by atoms with Crippen LogP contribution in [0.15, 0.2) is 60.7 Å². The maximum Gasteiger partial charge on any atom is 0.244 e. The molecule has 2 atom stereocenters. The molecule has 2 unspecified atom stereocenters. The number of H-pyrrole nitrogens is 1. The first-order valence-electron chi connectivity index (χ1n) is 9.26. The number of halogens is 2. The summed E-state index contributed by atoms with van der Waals surface area (Å²) in [6.07, 6.45) is 0. The second-order valence-electron chi connectivity index (χ2n) is 7.03. The Labute approximate surface area is 182 Å². The van der Waals surface area contributed by atoms with Crippen LogP contribution in [0, 0.1) is 22.7 Å². The molecule has 0 spiro atoms. The van der Waals surface area contributed by atoms with Crippen LogP contribution < -0.4 is 4.74 Å². The first-order chi connectivity index (χ1) is 14.6. The highest BCUT2D eigenvalue weighted by Crippen LogP contribution is 2.49. The Bertz CT molecular complexity index is 1330. The van der Waals surface area contributed by atoms with Gasteiger partial charge in [-0.05, 0) is 28.5 Å². The molecule has 5 nitrogen and oxygen atoms in total. The predicted octanol–water partition coefficient (Wildman–Crippen LogP) is 6.18. The number of rotatable bonds is 2. The molecular weight excluding hydrogens is 419 g/mol. The van der Waals surface area contributed by atoms with E-state index in [1.807, 2.05) is 42.5 Å². The van der Waals surface area contributed by atoms with Crippen LogP contribution in [-0.2, 0) is 0 Å². The van der Waals surface area contributed by atoms with Crippen molar-refractivity contribution in [3.63, 3.8) is 0 Å². The normalized spacial score (nSPS) is 18.0. The number of aromatic amines is 1. The van der Waals surface area contributed by atoms with Crippen LogP contribution in [0.4, 0.5) is 0 Å². The summed E-state index contributed by atoms with van der Waals surface area (Å²) in [6, 6.07) is 21.4. The Morgan fingerprint density at radius 1 is 0.967 bits per heavy atom. The first kappa shape index (κ1) is 18.7. The maximum absolute atomic E-state index is 9.88. The Balaban J connectivity index is 1.83. The Morgan fingerprint density at radius 2 is 1.67 bits per heavy atom. The van der Waals surface area contributed by atoms with Crippen LogP contribution in [0.25, 0.3) is 22.0 Å². The number of nitrogens with zero attached hydrogens (tertiary/aromatic N) is 2. The van der Waals surface area contributed by atoms with Gasteiger partial charge in [0.1, 0.15) is 5.92 Å². The number of fused-ring (bicyclic) bond motifs is 2.